The number of hydrogen-bond acceptors (Lipinski definition) is 3. The molecular formula is C24H30FN3O2. The van der Waals surface area contributed by atoms with Gasteiger partial charge in [0.25, 0.3) is 5.91 Å². The van der Waals surface area contributed by atoms with E-state index in [1.807, 2.05) is 38.1 Å². The fourth-order valence-corrected chi connectivity index (χ4v) is 3.77. The molecule has 1 atom stereocenters. The van der Waals surface area contributed by atoms with Crippen molar-refractivity contribution < 1.29 is 14.0 Å². The average molecular weight is 412 g/mol. The van der Waals surface area contributed by atoms with Gasteiger partial charge in [-0.1, -0.05) is 38.8 Å². The third-order valence-corrected chi connectivity index (χ3v) is 5.58. The highest BCUT2D eigenvalue weighted by atomic mass is 19.1. The van der Waals surface area contributed by atoms with Gasteiger partial charge in [0.2, 0.25) is 5.91 Å². The molecule has 30 heavy (non-hydrogen) atoms. The molecule has 5 nitrogen and oxygen atoms in total. The maximum absolute atomic E-state index is 13.9. The second-order valence-electron chi connectivity index (χ2n) is 8.27. The zero-order valence-electron chi connectivity index (χ0n) is 17.6. The third kappa shape index (κ3) is 5.81. The number of nitrogens with one attached hydrogen (secondary N) is 3. The van der Waals surface area contributed by atoms with Gasteiger partial charge in [0, 0.05) is 17.9 Å². The van der Waals surface area contributed by atoms with E-state index < -0.39 is 17.8 Å². The van der Waals surface area contributed by atoms with Crippen LogP contribution in [0.25, 0.3) is 0 Å². The zero-order valence-corrected chi connectivity index (χ0v) is 17.6. The fraction of sp³-hybridized carbons (Fsp3) is 0.417. The Bertz CT molecular complexity index is 861. The first-order valence-corrected chi connectivity index (χ1v) is 10.6. The summed E-state index contributed by atoms with van der Waals surface area (Å²) in [6.45, 7) is 4.65. The lowest BCUT2D eigenvalue weighted by Crippen LogP contribution is -2.47. The summed E-state index contributed by atoms with van der Waals surface area (Å²) in [5.74, 6) is -0.962. The van der Waals surface area contributed by atoms with Gasteiger partial charge in [-0.15, -0.1) is 0 Å². The van der Waals surface area contributed by atoms with Crippen molar-refractivity contribution in [3.05, 3.63) is 59.9 Å². The Hall–Kier alpha value is -2.89. The third-order valence-electron chi connectivity index (χ3n) is 5.58. The maximum atomic E-state index is 13.9. The van der Waals surface area contributed by atoms with Crippen molar-refractivity contribution in [1.29, 1.82) is 0 Å². The maximum Gasteiger partial charge on any atom is 0.254 e. The molecule has 2 aromatic rings. The smallest absolute Gasteiger partial charge is 0.254 e. The first kappa shape index (κ1) is 21.8. The Kier molecular flexibility index (Phi) is 7.44. The first-order valence-electron chi connectivity index (χ1n) is 10.6. The van der Waals surface area contributed by atoms with E-state index in [1.54, 1.807) is 6.07 Å². The van der Waals surface area contributed by atoms with Gasteiger partial charge in [-0.05, 0) is 61.1 Å². The number of amides is 2. The lowest BCUT2D eigenvalue weighted by Gasteiger charge is -2.22. The van der Waals surface area contributed by atoms with Crippen LogP contribution in [0.2, 0.25) is 0 Å². The monoisotopic (exact) mass is 411 g/mol. The molecule has 3 N–H and O–H groups in total. The molecule has 0 bridgehead atoms. The molecule has 3 rings (SSSR count). The van der Waals surface area contributed by atoms with Crippen molar-refractivity contribution >= 4 is 23.2 Å². The number of carbonyl (C=O) groups is 2. The molecule has 2 aromatic carbocycles. The van der Waals surface area contributed by atoms with E-state index >= 15 is 0 Å². The van der Waals surface area contributed by atoms with Crippen molar-refractivity contribution in [1.82, 2.24) is 5.32 Å². The van der Waals surface area contributed by atoms with Crippen LogP contribution in [0, 0.1) is 17.7 Å². The van der Waals surface area contributed by atoms with Gasteiger partial charge in [0.05, 0.1) is 5.56 Å². The summed E-state index contributed by atoms with van der Waals surface area (Å²) < 4.78 is 13.9. The molecular weight excluding hydrogens is 381 g/mol. The normalized spacial score (nSPS) is 15.1. The van der Waals surface area contributed by atoms with E-state index in [2.05, 4.69) is 16.0 Å². The van der Waals surface area contributed by atoms with E-state index in [0.29, 0.717) is 5.69 Å². The standard InChI is InChI=1S/C24H30FN3O2/c1-16(2)22(28-23(29)20-9-5-6-10-21(20)25)24(30)27-19-13-11-18(12-14-19)26-15-17-7-3-4-8-17/h5-6,9-14,16-17,22,26H,3-4,7-8,15H2,1-2H3,(H,27,30)(H,28,29). The minimum Gasteiger partial charge on any atom is -0.385 e. The number of rotatable bonds is 8. The predicted octanol–water partition coefficient (Wildman–Crippen LogP) is 4.82. The number of benzene rings is 2. The van der Waals surface area contributed by atoms with Gasteiger partial charge in [-0.3, -0.25) is 9.59 Å². The number of halogens is 1. The molecule has 0 aromatic heterocycles. The molecule has 0 saturated heterocycles. The van der Waals surface area contributed by atoms with Crippen LogP contribution in [-0.2, 0) is 4.79 Å². The van der Waals surface area contributed by atoms with Crippen molar-refractivity contribution in [2.24, 2.45) is 11.8 Å². The van der Waals surface area contributed by atoms with E-state index in [0.717, 1.165) is 18.2 Å². The molecule has 1 aliphatic carbocycles. The van der Waals surface area contributed by atoms with E-state index in [1.165, 1.54) is 43.9 Å². The first-order chi connectivity index (χ1) is 14.4. The summed E-state index contributed by atoms with van der Waals surface area (Å²) in [6, 6.07) is 12.5. The summed E-state index contributed by atoms with van der Waals surface area (Å²) in [5.41, 5.74) is 1.60. The largest absolute Gasteiger partial charge is 0.385 e. The molecule has 0 heterocycles. The summed E-state index contributed by atoms with van der Waals surface area (Å²) in [7, 11) is 0. The second kappa shape index (κ2) is 10.2. The molecule has 1 aliphatic rings. The quantitative estimate of drug-likeness (QED) is 0.583. The minimum atomic E-state index is -0.780. The molecule has 160 valence electrons. The van der Waals surface area contributed by atoms with Crippen LogP contribution in [0.15, 0.2) is 48.5 Å². The van der Waals surface area contributed by atoms with Gasteiger partial charge in [0.15, 0.2) is 0 Å². The average Bonchev–Trinajstić information content (AvgIpc) is 3.25. The lowest BCUT2D eigenvalue weighted by molar-refractivity contribution is -0.118. The summed E-state index contributed by atoms with van der Waals surface area (Å²) in [5, 5.41) is 8.95. The van der Waals surface area contributed by atoms with Crippen molar-refractivity contribution in [3.8, 4) is 0 Å². The fourth-order valence-electron chi connectivity index (χ4n) is 3.77. The van der Waals surface area contributed by atoms with Gasteiger partial charge >= 0.3 is 0 Å². The lowest BCUT2D eigenvalue weighted by atomic mass is 10.0. The van der Waals surface area contributed by atoms with Crippen LogP contribution in [0.5, 0.6) is 0 Å². The van der Waals surface area contributed by atoms with Crippen LogP contribution >= 0.6 is 0 Å². The highest BCUT2D eigenvalue weighted by Crippen LogP contribution is 2.25. The molecule has 2 amide bonds. The topological polar surface area (TPSA) is 70.2 Å². The molecule has 6 heteroatoms. The van der Waals surface area contributed by atoms with E-state index in [4.69, 9.17) is 0 Å². The summed E-state index contributed by atoms with van der Waals surface area (Å²) >= 11 is 0. The number of anilines is 2. The van der Waals surface area contributed by atoms with Gasteiger partial charge < -0.3 is 16.0 Å². The highest BCUT2D eigenvalue weighted by Gasteiger charge is 2.25. The van der Waals surface area contributed by atoms with Gasteiger partial charge in [-0.25, -0.2) is 4.39 Å². The summed E-state index contributed by atoms with van der Waals surface area (Å²) in [6.07, 6.45) is 5.22. The van der Waals surface area contributed by atoms with Crippen LogP contribution in [0.3, 0.4) is 0 Å². The van der Waals surface area contributed by atoms with E-state index in [9.17, 15) is 14.0 Å². The van der Waals surface area contributed by atoms with Crippen molar-refractivity contribution in [2.75, 3.05) is 17.2 Å². The Morgan fingerprint density at radius 2 is 1.63 bits per heavy atom. The predicted molar refractivity (Wildman–Crippen MR) is 118 cm³/mol. The van der Waals surface area contributed by atoms with Crippen LogP contribution < -0.4 is 16.0 Å². The summed E-state index contributed by atoms with van der Waals surface area (Å²) in [4.78, 5) is 25.2. The number of hydrogen-bond donors (Lipinski definition) is 3. The molecule has 0 spiro atoms. The minimum absolute atomic E-state index is 0.0753. The van der Waals surface area contributed by atoms with Gasteiger partial charge in [0.1, 0.15) is 11.9 Å². The molecule has 1 fully saturated rings. The van der Waals surface area contributed by atoms with Crippen LogP contribution in [0.1, 0.15) is 49.9 Å². The number of carbonyl (C=O) groups excluding carboxylic acids is 2. The molecule has 1 unspecified atom stereocenters. The van der Waals surface area contributed by atoms with Gasteiger partial charge in [-0.2, -0.15) is 0 Å². The Morgan fingerprint density at radius 3 is 2.27 bits per heavy atom. The zero-order chi connectivity index (χ0) is 21.5. The Morgan fingerprint density at radius 1 is 1.00 bits per heavy atom. The second-order valence-corrected chi connectivity index (χ2v) is 8.27. The van der Waals surface area contributed by atoms with Crippen LogP contribution in [-0.4, -0.2) is 24.4 Å². The van der Waals surface area contributed by atoms with Crippen molar-refractivity contribution in [3.63, 3.8) is 0 Å². The van der Waals surface area contributed by atoms with Crippen molar-refractivity contribution in [2.45, 2.75) is 45.6 Å². The van der Waals surface area contributed by atoms with Crippen LogP contribution in [0.4, 0.5) is 15.8 Å². The molecule has 0 radical (unpaired) electrons. The Labute approximate surface area is 177 Å². The molecule has 0 aliphatic heterocycles. The van der Waals surface area contributed by atoms with E-state index in [-0.39, 0.29) is 17.4 Å². The highest BCUT2D eigenvalue weighted by molar-refractivity contribution is 6.01. The Balaban J connectivity index is 1.57. The SMILES string of the molecule is CC(C)C(NC(=O)c1ccccc1F)C(=O)Nc1ccc(NCC2CCCC2)cc1. The molecule has 1 saturated carbocycles.